The number of fused-ring (bicyclic) bond motifs is 2. The summed E-state index contributed by atoms with van der Waals surface area (Å²) in [4.78, 5) is 30.5. The lowest BCUT2D eigenvalue weighted by Crippen LogP contribution is -2.40. The first kappa shape index (κ1) is 21.6. The molecule has 5 rings (SSSR count). The normalized spacial score (nSPS) is 17.2. The smallest absolute Gasteiger partial charge is 0.322 e. The van der Waals surface area contributed by atoms with Gasteiger partial charge in [-0.05, 0) is 37.1 Å². The molecule has 1 aromatic heterocycles. The lowest BCUT2D eigenvalue weighted by atomic mass is 10.1. The van der Waals surface area contributed by atoms with E-state index in [4.69, 9.17) is 25.8 Å². The Kier molecular flexibility index (Phi) is 6.11. The molecule has 1 atom stereocenters. The molecule has 3 aromatic rings. The highest BCUT2D eigenvalue weighted by Crippen LogP contribution is 2.33. The van der Waals surface area contributed by atoms with E-state index in [1.54, 1.807) is 41.3 Å². The van der Waals surface area contributed by atoms with Gasteiger partial charge in [0.2, 0.25) is 0 Å². The van der Waals surface area contributed by atoms with Gasteiger partial charge in [-0.3, -0.25) is 4.79 Å². The molecule has 0 spiro atoms. The van der Waals surface area contributed by atoms with E-state index in [-0.39, 0.29) is 24.2 Å². The van der Waals surface area contributed by atoms with E-state index in [0.717, 1.165) is 18.2 Å². The van der Waals surface area contributed by atoms with Crippen LogP contribution in [0.4, 0.5) is 10.5 Å². The van der Waals surface area contributed by atoms with Crippen LogP contribution in [0.1, 0.15) is 18.4 Å². The van der Waals surface area contributed by atoms with Crippen LogP contribution in [-0.4, -0.2) is 48.4 Å². The fraction of sp³-hybridized carbons (Fsp3) is 0.333. The Balaban J connectivity index is 1.43. The van der Waals surface area contributed by atoms with E-state index in [2.05, 4.69) is 10.3 Å². The van der Waals surface area contributed by atoms with Crippen LogP contribution in [0.2, 0.25) is 5.02 Å². The van der Waals surface area contributed by atoms with Crippen molar-refractivity contribution in [3.05, 3.63) is 63.4 Å². The SMILES string of the molecule is O=C(Nc1ccccc1Cl)N(Cc1cc2cc3c(cc2[nH]c1=O)OCCO3)CC1CCCO1. The molecule has 2 amide bonds. The van der Waals surface area contributed by atoms with Crippen molar-refractivity contribution in [1.82, 2.24) is 9.88 Å². The molecule has 1 unspecified atom stereocenters. The largest absolute Gasteiger partial charge is 0.486 e. The fourth-order valence-corrected chi connectivity index (χ4v) is 4.30. The third kappa shape index (κ3) is 4.77. The van der Waals surface area contributed by atoms with Crippen LogP contribution in [0, 0.1) is 0 Å². The standard InChI is InChI=1S/C24H24ClN3O5/c25-18-5-1-2-6-19(18)27-24(30)28(14-17-4-3-7-31-17)13-16-10-15-11-21-22(33-9-8-32-21)12-20(15)26-23(16)29/h1-2,5-6,10-12,17H,3-4,7-9,13-14H2,(H,26,29)(H,27,30). The summed E-state index contributed by atoms with van der Waals surface area (Å²) in [6.07, 6.45) is 1.75. The van der Waals surface area contributed by atoms with Crippen LogP contribution < -0.4 is 20.3 Å². The third-order valence-electron chi connectivity index (χ3n) is 5.80. The Morgan fingerprint density at radius 2 is 1.91 bits per heavy atom. The van der Waals surface area contributed by atoms with Gasteiger partial charge in [-0.15, -0.1) is 0 Å². The van der Waals surface area contributed by atoms with E-state index in [1.807, 2.05) is 6.07 Å². The average Bonchev–Trinajstić information content (AvgIpc) is 3.32. The molecule has 0 saturated carbocycles. The van der Waals surface area contributed by atoms with Crippen LogP contribution in [0.15, 0.2) is 47.3 Å². The summed E-state index contributed by atoms with van der Waals surface area (Å²) >= 11 is 6.22. The number of H-pyrrole nitrogens is 1. The summed E-state index contributed by atoms with van der Waals surface area (Å²) in [7, 11) is 0. The van der Waals surface area contributed by atoms with Gasteiger partial charge < -0.3 is 29.4 Å². The van der Waals surface area contributed by atoms with Gasteiger partial charge >= 0.3 is 6.03 Å². The Morgan fingerprint density at radius 3 is 2.67 bits per heavy atom. The summed E-state index contributed by atoms with van der Waals surface area (Å²) in [5.41, 5.74) is 1.37. The lowest BCUT2D eigenvalue weighted by molar-refractivity contribution is 0.0818. The molecular weight excluding hydrogens is 446 g/mol. The van der Waals surface area contributed by atoms with Crippen molar-refractivity contribution in [2.24, 2.45) is 0 Å². The number of anilines is 1. The Labute approximate surface area is 195 Å². The maximum atomic E-state index is 13.2. The molecule has 2 aliphatic heterocycles. The predicted octanol–water partition coefficient (Wildman–Crippen LogP) is 4.17. The highest BCUT2D eigenvalue weighted by molar-refractivity contribution is 6.33. The number of halogens is 1. The minimum Gasteiger partial charge on any atom is -0.486 e. The number of hydrogen-bond acceptors (Lipinski definition) is 5. The summed E-state index contributed by atoms with van der Waals surface area (Å²) < 4.78 is 17.0. The van der Waals surface area contributed by atoms with E-state index >= 15 is 0 Å². The monoisotopic (exact) mass is 469 g/mol. The topological polar surface area (TPSA) is 92.9 Å². The maximum Gasteiger partial charge on any atom is 0.322 e. The van der Waals surface area contributed by atoms with Gasteiger partial charge in [0, 0.05) is 30.2 Å². The van der Waals surface area contributed by atoms with E-state index < -0.39 is 0 Å². The number of amides is 2. The molecule has 2 aromatic carbocycles. The van der Waals surface area contributed by atoms with Crippen LogP contribution in [0.25, 0.3) is 10.9 Å². The number of carbonyl (C=O) groups excluding carboxylic acids is 1. The molecular formula is C24H24ClN3O5. The zero-order chi connectivity index (χ0) is 22.8. The number of hydrogen-bond donors (Lipinski definition) is 2. The number of rotatable bonds is 5. The van der Waals surface area contributed by atoms with Crippen molar-refractivity contribution in [3.63, 3.8) is 0 Å². The molecule has 2 N–H and O–H groups in total. The number of carbonyl (C=O) groups is 1. The number of aromatic nitrogens is 1. The molecule has 33 heavy (non-hydrogen) atoms. The van der Waals surface area contributed by atoms with Crippen molar-refractivity contribution in [3.8, 4) is 11.5 Å². The molecule has 172 valence electrons. The number of ether oxygens (including phenoxy) is 3. The van der Waals surface area contributed by atoms with Crippen LogP contribution >= 0.6 is 11.6 Å². The Bertz CT molecular complexity index is 1240. The number of pyridine rings is 1. The number of urea groups is 1. The van der Waals surface area contributed by atoms with Crippen molar-refractivity contribution in [2.75, 3.05) is 31.7 Å². The first-order valence-electron chi connectivity index (χ1n) is 10.9. The van der Waals surface area contributed by atoms with Gasteiger partial charge in [-0.2, -0.15) is 0 Å². The highest BCUT2D eigenvalue weighted by Gasteiger charge is 2.24. The molecule has 2 aliphatic rings. The van der Waals surface area contributed by atoms with Gasteiger partial charge in [-0.1, -0.05) is 23.7 Å². The lowest BCUT2D eigenvalue weighted by Gasteiger charge is -2.26. The summed E-state index contributed by atoms with van der Waals surface area (Å²) in [6.45, 7) is 2.12. The minimum atomic E-state index is -0.347. The third-order valence-corrected chi connectivity index (χ3v) is 6.13. The average molecular weight is 470 g/mol. The van der Waals surface area contributed by atoms with Crippen LogP contribution in [0.5, 0.6) is 11.5 Å². The molecule has 0 radical (unpaired) electrons. The van der Waals surface area contributed by atoms with Gasteiger partial charge in [0.25, 0.3) is 5.56 Å². The number of para-hydroxylation sites is 1. The van der Waals surface area contributed by atoms with Gasteiger partial charge in [0.05, 0.1) is 28.9 Å². The summed E-state index contributed by atoms with van der Waals surface area (Å²) in [5, 5.41) is 4.10. The number of nitrogens with one attached hydrogen (secondary N) is 2. The van der Waals surface area contributed by atoms with E-state index in [0.29, 0.717) is 59.7 Å². The Hall–Kier alpha value is -3.23. The fourth-order valence-electron chi connectivity index (χ4n) is 4.12. The second-order valence-corrected chi connectivity index (χ2v) is 8.54. The van der Waals surface area contributed by atoms with Gasteiger partial charge in [0.1, 0.15) is 13.2 Å². The Morgan fingerprint density at radius 1 is 1.12 bits per heavy atom. The second-order valence-electron chi connectivity index (χ2n) is 8.13. The molecule has 3 heterocycles. The van der Waals surface area contributed by atoms with E-state index in [9.17, 15) is 9.59 Å². The predicted molar refractivity (Wildman–Crippen MR) is 125 cm³/mol. The number of benzene rings is 2. The number of nitrogens with zero attached hydrogens (tertiary/aromatic N) is 1. The zero-order valence-corrected chi connectivity index (χ0v) is 18.7. The molecule has 9 heteroatoms. The quantitative estimate of drug-likeness (QED) is 0.585. The highest BCUT2D eigenvalue weighted by atomic mass is 35.5. The minimum absolute atomic E-state index is 0.0703. The summed E-state index contributed by atoms with van der Waals surface area (Å²) in [6, 6.07) is 12.1. The second kappa shape index (κ2) is 9.33. The molecule has 0 bridgehead atoms. The van der Waals surface area contributed by atoms with Crippen LogP contribution in [-0.2, 0) is 11.3 Å². The molecule has 1 saturated heterocycles. The van der Waals surface area contributed by atoms with Crippen molar-refractivity contribution in [1.29, 1.82) is 0 Å². The van der Waals surface area contributed by atoms with Crippen molar-refractivity contribution >= 4 is 34.2 Å². The first-order chi connectivity index (χ1) is 16.1. The summed E-state index contributed by atoms with van der Waals surface area (Å²) in [5.74, 6) is 1.25. The van der Waals surface area contributed by atoms with Crippen molar-refractivity contribution < 1.29 is 19.0 Å². The molecule has 0 aliphatic carbocycles. The maximum absolute atomic E-state index is 13.2. The molecule has 8 nitrogen and oxygen atoms in total. The first-order valence-corrected chi connectivity index (χ1v) is 11.3. The van der Waals surface area contributed by atoms with E-state index in [1.165, 1.54) is 0 Å². The van der Waals surface area contributed by atoms with Crippen molar-refractivity contribution in [2.45, 2.75) is 25.5 Å². The number of aromatic amines is 1. The van der Waals surface area contributed by atoms with Crippen LogP contribution in [0.3, 0.4) is 0 Å². The zero-order valence-electron chi connectivity index (χ0n) is 17.9. The van der Waals surface area contributed by atoms with Gasteiger partial charge in [0.15, 0.2) is 11.5 Å². The van der Waals surface area contributed by atoms with Gasteiger partial charge in [-0.25, -0.2) is 4.79 Å². The molecule has 1 fully saturated rings.